The lowest BCUT2D eigenvalue weighted by molar-refractivity contribution is 0.0697. The fourth-order valence-electron chi connectivity index (χ4n) is 3.95. The molecule has 0 radical (unpaired) electrons. The number of fused-ring (bicyclic) bond motifs is 1. The van der Waals surface area contributed by atoms with Crippen LogP contribution in [0.3, 0.4) is 0 Å². The predicted molar refractivity (Wildman–Crippen MR) is 103 cm³/mol. The van der Waals surface area contributed by atoms with E-state index < -0.39 is 5.97 Å². The summed E-state index contributed by atoms with van der Waals surface area (Å²) in [5, 5.41) is 16.1. The highest BCUT2D eigenvalue weighted by molar-refractivity contribution is 6.02. The molecule has 1 saturated heterocycles. The lowest BCUT2D eigenvalue weighted by atomic mass is 9.71. The van der Waals surface area contributed by atoms with Crippen LogP contribution < -0.4 is 10.6 Å². The lowest BCUT2D eigenvalue weighted by Crippen LogP contribution is -2.48. The van der Waals surface area contributed by atoms with Gasteiger partial charge in [0.05, 0.1) is 12.1 Å². The third-order valence-electron chi connectivity index (χ3n) is 5.48. The van der Waals surface area contributed by atoms with Gasteiger partial charge in [-0.2, -0.15) is 0 Å². The molecule has 4 rings (SSSR count). The second-order valence-corrected chi connectivity index (χ2v) is 7.16. The van der Waals surface area contributed by atoms with E-state index in [-0.39, 0.29) is 5.41 Å². The topological polar surface area (TPSA) is 73.7 Å². The first kappa shape index (κ1) is 16.8. The molecule has 2 aromatic carbocycles. The van der Waals surface area contributed by atoms with E-state index in [2.05, 4.69) is 34.9 Å². The van der Waals surface area contributed by atoms with Crippen molar-refractivity contribution in [2.45, 2.75) is 25.8 Å². The Balaban J connectivity index is 1.61. The van der Waals surface area contributed by atoms with Gasteiger partial charge in [-0.3, -0.25) is 4.99 Å². The number of para-hydroxylation sites is 1. The zero-order valence-corrected chi connectivity index (χ0v) is 14.7. The van der Waals surface area contributed by atoms with Crippen LogP contribution in [0.4, 0.5) is 5.69 Å². The summed E-state index contributed by atoms with van der Waals surface area (Å²) < 4.78 is 0. The van der Waals surface area contributed by atoms with Crippen molar-refractivity contribution in [1.29, 1.82) is 0 Å². The molecule has 5 heteroatoms. The van der Waals surface area contributed by atoms with E-state index in [1.165, 1.54) is 5.56 Å². The maximum Gasteiger partial charge on any atom is 0.335 e. The number of nitrogens with one attached hydrogen (secondary N) is 2. The quantitative estimate of drug-likeness (QED) is 0.795. The number of carbonyl (C=O) groups is 1. The van der Waals surface area contributed by atoms with Crippen LogP contribution in [0.15, 0.2) is 53.5 Å². The van der Waals surface area contributed by atoms with Gasteiger partial charge in [0.15, 0.2) is 0 Å². The number of piperidine rings is 1. The number of rotatable bonds is 3. The average molecular weight is 349 g/mol. The van der Waals surface area contributed by atoms with Crippen molar-refractivity contribution < 1.29 is 9.90 Å². The molecule has 0 aliphatic carbocycles. The van der Waals surface area contributed by atoms with Crippen LogP contribution in [0.1, 0.15) is 34.3 Å². The second-order valence-electron chi connectivity index (χ2n) is 7.16. The second kappa shape index (κ2) is 6.92. The Hall–Kier alpha value is -2.66. The number of hydrogen-bond acceptors (Lipinski definition) is 3. The van der Waals surface area contributed by atoms with Gasteiger partial charge in [0.25, 0.3) is 0 Å². The third-order valence-corrected chi connectivity index (χ3v) is 5.48. The zero-order chi connectivity index (χ0) is 18.0. The molecule has 0 aromatic heterocycles. The van der Waals surface area contributed by atoms with Crippen molar-refractivity contribution in [3.63, 3.8) is 0 Å². The Bertz CT molecular complexity index is 837. The molecule has 134 valence electrons. The predicted octanol–water partition coefficient (Wildman–Crippen LogP) is 3.32. The molecule has 0 bridgehead atoms. The summed E-state index contributed by atoms with van der Waals surface area (Å²) in [6, 6.07) is 15.4. The number of aromatic carboxylic acids is 1. The molecular formula is C21H23N3O2. The Morgan fingerprint density at radius 2 is 1.81 bits per heavy atom. The van der Waals surface area contributed by atoms with Gasteiger partial charge in [-0.15, -0.1) is 0 Å². The van der Waals surface area contributed by atoms with E-state index in [1.54, 1.807) is 12.1 Å². The number of nitrogens with zero attached hydrogens (tertiary/aromatic N) is 1. The number of anilines is 1. The van der Waals surface area contributed by atoms with Crippen molar-refractivity contribution in [3.8, 4) is 0 Å². The van der Waals surface area contributed by atoms with Crippen LogP contribution in [0, 0.1) is 5.41 Å². The van der Waals surface area contributed by atoms with Crippen LogP contribution in [-0.4, -0.2) is 30.0 Å². The van der Waals surface area contributed by atoms with Crippen LogP contribution in [-0.2, 0) is 13.0 Å². The molecule has 2 heterocycles. The lowest BCUT2D eigenvalue weighted by Gasteiger charge is -2.42. The molecule has 0 atom stereocenters. The van der Waals surface area contributed by atoms with E-state index in [4.69, 9.17) is 10.1 Å². The minimum absolute atomic E-state index is 0.0700. The molecule has 0 saturated carbocycles. The first-order valence-corrected chi connectivity index (χ1v) is 9.09. The van der Waals surface area contributed by atoms with Gasteiger partial charge in [0, 0.05) is 11.1 Å². The first-order chi connectivity index (χ1) is 12.7. The summed E-state index contributed by atoms with van der Waals surface area (Å²) in [6.45, 7) is 2.58. The smallest absolute Gasteiger partial charge is 0.335 e. The summed E-state index contributed by atoms with van der Waals surface area (Å²) in [5.41, 5.74) is 3.91. The van der Waals surface area contributed by atoms with E-state index in [1.807, 2.05) is 12.1 Å². The Kier molecular flexibility index (Phi) is 4.47. The number of carboxylic acids is 1. The fourth-order valence-corrected chi connectivity index (χ4v) is 3.95. The molecule has 3 N–H and O–H groups in total. The molecular weight excluding hydrogens is 326 g/mol. The fraction of sp³-hybridized carbons (Fsp3) is 0.333. The maximum absolute atomic E-state index is 11.0. The monoisotopic (exact) mass is 349 g/mol. The summed E-state index contributed by atoms with van der Waals surface area (Å²) in [7, 11) is 0. The summed E-state index contributed by atoms with van der Waals surface area (Å²) in [4.78, 5) is 15.9. The van der Waals surface area contributed by atoms with Crippen molar-refractivity contribution >= 4 is 17.5 Å². The van der Waals surface area contributed by atoms with E-state index in [0.29, 0.717) is 12.1 Å². The van der Waals surface area contributed by atoms with Crippen LogP contribution >= 0.6 is 0 Å². The first-order valence-electron chi connectivity index (χ1n) is 9.09. The molecule has 2 aliphatic rings. The van der Waals surface area contributed by atoms with Gasteiger partial charge in [-0.05, 0) is 61.7 Å². The molecule has 0 unspecified atom stereocenters. The molecule has 26 heavy (non-hydrogen) atoms. The van der Waals surface area contributed by atoms with Crippen molar-refractivity contribution in [1.82, 2.24) is 5.32 Å². The van der Waals surface area contributed by atoms with Crippen LogP contribution in [0.2, 0.25) is 0 Å². The average Bonchev–Trinajstić information content (AvgIpc) is 2.67. The van der Waals surface area contributed by atoms with E-state index in [9.17, 15) is 4.79 Å². The summed E-state index contributed by atoms with van der Waals surface area (Å²) in [5.74, 6) is 0.169. The number of benzene rings is 2. The Morgan fingerprint density at radius 3 is 2.54 bits per heavy atom. The van der Waals surface area contributed by atoms with E-state index in [0.717, 1.165) is 49.4 Å². The highest BCUT2D eigenvalue weighted by atomic mass is 16.4. The molecule has 0 amide bonds. The third kappa shape index (κ3) is 3.22. The number of hydrogen-bond donors (Lipinski definition) is 3. The Labute approximate surface area is 153 Å². The maximum atomic E-state index is 11.0. The van der Waals surface area contributed by atoms with Gasteiger partial charge >= 0.3 is 5.97 Å². The molecule has 2 aromatic rings. The largest absolute Gasteiger partial charge is 0.478 e. The van der Waals surface area contributed by atoms with Crippen LogP contribution in [0.5, 0.6) is 0 Å². The van der Waals surface area contributed by atoms with Crippen molar-refractivity contribution in [3.05, 3.63) is 65.2 Å². The van der Waals surface area contributed by atoms with Crippen molar-refractivity contribution in [2.24, 2.45) is 10.4 Å². The highest BCUT2D eigenvalue weighted by Gasteiger charge is 2.40. The standard InChI is InChI=1S/C21H23N3O2/c25-19(26)16-7-5-15(6-8-16)14-23-20-21(9-11-22-12-10-21)13-17-3-1-2-4-18(17)24-20/h1-8,22H,9-14H2,(H,23,24)(H,25,26). The normalized spacial score (nSPS) is 19.8. The summed E-state index contributed by atoms with van der Waals surface area (Å²) in [6.07, 6.45) is 3.17. The SMILES string of the molecule is O=C(O)c1ccc(CN=C2Nc3ccccc3CC23CCNCC3)cc1. The van der Waals surface area contributed by atoms with Gasteiger partial charge in [-0.1, -0.05) is 30.3 Å². The Morgan fingerprint density at radius 1 is 1.08 bits per heavy atom. The molecule has 1 fully saturated rings. The van der Waals surface area contributed by atoms with Gasteiger partial charge in [-0.25, -0.2) is 4.79 Å². The van der Waals surface area contributed by atoms with Crippen LogP contribution in [0.25, 0.3) is 0 Å². The number of amidine groups is 1. The van der Waals surface area contributed by atoms with Gasteiger partial charge < -0.3 is 15.7 Å². The van der Waals surface area contributed by atoms with Crippen molar-refractivity contribution in [2.75, 3.05) is 18.4 Å². The number of aliphatic imine (C=N–C) groups is 1. The van der Waals surface area contributed by atoms with Gasteiger partial charge in [0.2, 0.25) is 0 Å². The highest BCUT2D eigenvalue weighted by Crippen LogP contribution is 2.40. The minimum Gasteiger partial charge on any atom is -0.478 e. The minimum atomic E-state index is -0.901. The molecule has 2 aliphatic heterocycles. The number of carboxylic acid groups (broad SMARTS) is 1. The van der Waals surface area contributed by atoms with E-state index >= 15 is 0 Å². The molecule has 5 nitrogen and oxygen atoms in total. The summed E-state index contributed by atoms with van der Waals surface area (Å²) >= 11 is 0. The molecule has 1 spiro atoms. The van der Waals surface area contributed by atoms with Gasteiger partial charge in [0.1, 0.15) is 5.84 Å². The zero-order valence-electron chi connectivity index (χ0n) is 14.7.